The number of aromatic nitrogens is 1. The van der Waals surface area contributed by atoms with E-state index in [0.717, 1.165) is 25.2 Å². The summed E-state index contributed by atoms with van der Waals surface area (Å²) in [6.07, 6.45) is 5.26. The molecule has 0 spiro atoms. The smallest absolute Gasteiger partial charge is 0.243 e. The van der Waals surface area contributed by atoms with Crippen molar-refractivity contribution in [2.75, 3.05) is 33.8 Å². The van der Waals surface area contributed by atoms with Crippen LogP contribution in [0.25, 0.3) is 0 Å². The second-order valence-electron chi connectivity index (χ2n) is 8.04. The first kappa shape index (κ1) is 21.2. The van der Waals surface area contributed by atoms with Gasteiger partial charge in [-0.15, -0.1) is 0 Å². The van der Waals surface area contributed by atoms with Crippen LogP contribution < -0.4 is 10.6 Å². The largest absolute Gasteiger partial charge is 0.443 e. The van der Waals surface area contributed by atoms with Crippen molar-refractivity contribution in [1.29, 1.82) is 0 Å². The number of nitrogens with zero attached hydrogens (tertiary/aromatic N) is 3. The minimum Gasteiger partial charge on any atom is -0.443 e. The summed E-state index contributed by atoms with van der Waals surface area (Å²) in [6.45, 7) is 8.16. The van der Waals surface area contributed by atoms with Gasteiger partial charge in [0.25, 0.3) is 0 Å². The number of hydrogen-bond donors (Lipinski definition) is 2. The first-order valence-electron chi connectivity index (χ1n) is 9.55. The molecule has 1 aromatic heterocycles. The number of nitrogens with one attached hydrogen (secondary N) is 2. The number of likely N-dealkylation sites (N-methyl/N-ethyl adjacent to an activating group) is 1. The second-order valence-corrected chi connectivity index (χ2v) is 8.04. The van der Waals surface area contributed by atoms with Crippen molar-refractivity contribution in [3.05, 3.63) is 17.8 Å². The van der Waals surface area contributed by atoms with Crippen LogP contribution in [0.15, 0.2) is 15.6 Å². The maximum atomic E-state index is 11.8. The quantitative estimate of drug-likeness (QED) is 0.577. The Morgan fingerprint density at radius 3 is 2.70 bits per heavy atom. The van der Waals surface area contributed by atoms with Crippen molar-refractivity contribution in [1.82, 2.24) is 20.5 Å². The normalized spacial score (nSPS) is 18.3. The Morgan fingerprint density at radius 1 is 1.33 bits per heavy atom. The van der Waals surface area contributed by atoms with E-state index in [1.807, 2.05) is 0 Å². The molecule has 1 aliphatic rings. The van der Waals surface area contributed by atoms with Gasteiger partial charge in [-0.2, -0.15) is 0 Å². The Kier molecular flexibility index (Phi) is 7.65. The second kappa shape index (κ2) is 9.73. The van der Waals surface area contributed by atoms with Gasteiger partial charge in [0.1, 0.15) is 12.3 Å². The lowest BCUT2D eigenvalue weighted by atomic mass is 9.94. The van der Waals surface area contributed by atoms with Crippen molar-refractivity contribution in [3.8, 4) is 0 Å². The zero-order valence-electron chi connectivity index (χ0n) is 17.2. The summed E-state index contributed by atoms with van der Waals surface area (Å²) in [5.74, 6) is 1.91. The number of hydrogen-bond acceptors (Lipinski definition) is 5. The molecule has 0 bridgehead atoms. The van der Waals surface area contributed by atoms with Gasteiger partial charge in [0, 0.05) is 32.7 Å². The van der Waals surface area contributed by atoms with E-state index in [1.54, 1.807) is 20.3 Å². The molecule has 2 rings (SSSR count). The fourth-order valence-electron chi connectivity index (χ4n) is 2.54. The average molecular weight is 380 g/mol. The molecule has 1 aromatic rings. The molecule has 27 heavy (non-hydrogen) atoms. The number of carbonyl (C=O) groups is 1. The van der Waals surface area contributed by atoms with Gasteiger partial charge < -0.3 is 24.7 Å². The van der Waals surface area contributed by atoms with Crippen LogP contribution in [0.1, 0.15) is 51.7 Å². The fourth-order valence-corrected chi connectivity index (χ4v) is 2.54. The molecular weight excluding hydrogens is 346 g/mol. The molecule has 2 N–H and O–H groups in total. The van der Waals surface area contributed by atoms with Gasteiger partial charge in [0.2, 0.25) is 11.8 Å². The summed E-state index contributed by atoms with van der Waals surface area (Å²) in [4.78, 5) is 22.1. The minimum atomic E-state index is -0.0864. The molecular formula is C19H33N5O3. The molecule has 2 heterocycles. The summed E-state index contributed by atoms with van der Waals surface area (Å²) in [7, 11) is 3.43. The van der Waals surface area contributed by atoms with Crippen LogP contribution in [-0.2, 0) is 21.5 Å². The molecule has 152 valence electrons. The molecule has 1 amide bonds. The van der Waals surface area contributed by atoms with Crippen molar-refractivity contribution >= 4 is 11.9 Å². The van der Waals surface area contributed by atoms with Crippen molar-refractivity contribution in [2.45, 2.75) is 58.1 Å². The standard InChI is InChI=1S/C19H33N5O3/c1-19(2,3)15-11-20-16(27-15)12-22-18(23-13-17(25)24(4)5)21-10-14-8-6-7-9-26-14/h11,14H,6-10,12-13H2,1-5H3,(H2,21,22,23). The molecule has 1 atom stereocenters. The number of aliphatic imine (C=N–C) groups is 1. The summed E-state index contributed by atoms with van der Waals surface area (Å²) in [5, 5.41) is 6.46. The van der Waals surface area contributed by atoms with Crippen molar-refractivity contribution in [3.63, 3.8) is 0 Å². The summed E-state index contributed by atoms with van der Waals surface area (Å²) in [6, 6.07) is 0. The van der Waals surface area contributed by atoms with E-state index >= 15 is 0 Å². The van der Waals surface area contributed by atoms with Crippen LogP contribution in [0.2, 0.25) is 0 Å². The molecule has 1 saturated heterocycles. The summed E-state index contributed by atoms with van der Waals surface area (Å²) >= 11 is 0. The van der Waals surface area contributed by atoms with Crippen LogP contribution in [0.4, 0.5) is 0 Å². The highest BCUT2D eigenvalue weighted by Gasteiger charge is 2.19. The number of ether oxygens (including phenoxy) is 1. The van der Waals surface area contributed by atoms with E-state index < -0.39 is 0 Å². The molecule has 1 unspecified atom stereocenters. The highest BCUT2D eigenvalue weighted by atomic mass is 16.5. The number of amides is 1. The van der Waals surface area contributed by atoms with Gasteiger partial charge >= 0.3 is 0 Å². The monoisotopic (exact) mass is 379 g/mol. The third kappa shape index (κ3) is 7.21. The molecule has 8 heteroatoms. The maximum absolute atomic E-state index is 11.8. The lowest BCUT2D eigenvalue weighted by Gasteiger charge is -2.23. The number of oxazole rings is 1. The third-order valence-corrected chi connectivity index (χ3v) is 4.34. The predicted octanol–water partition coefficient (Wildman–Crippen LogP) is 1.66. The molecule has 8 nitrogen and oxygen atoms in total. The average Bonchev–Trinajstić information content (AvgIpc) is 3.11. The Morgan fingerprint density at radius 2 is 2.11 bits per heavy atom. The van der Waals surface area contributed by atoms with Gasteiger partial charge in [0.05, 0.1) is 18.8 Å². The number of guanidine groups is 1. The van der Waals surface area contributed by atoms with Gasteiger partial charge in [-0.1, -0.05) is 20.8 Å². The topological polar surface area (TPSA) is 92.0 Å². The number of rotatable bonds is 6. The molecule has 0 aliphatic carbocycles. The molecule has 0 saturated carbocycles. The van der Waals surface area contributed by atoms with Crippen molar-refractivity contribution < 1.29 is 13.9 Å². The molecule has 1 aliphatic heterocycles. The van der Waals surface area contributed by atoms with Crippen LogP contribution in [0.3, 0.4) is 0 Å². The van der Waals surface area contributed by atoms with Crippen LogP contribution in [0, 0.1) is 0 Å². The Bertz CT molecular complexity index is 628. The van der Waals surface area contributed by atoms with E-state index in [0.29, 0.717) is 24.9 Å². The maximum Gasteiger partial charge on any atom is 0.243 e. The van der Waals surface area contributed by atoms with E-state index in [9.17, 15) is 4.79 Å². The third-order valence-electron chi connectivity index (χ3n) is 4.34. The van der Waals surface area contributed by atoms with Gasteiger partial charge in [-0.05, 0) is 19.3 Å². The predicted molar refractivity (Wildman–Crippen MR) is 105 cm³/mol. The highest BCUT2D eigenvalue weighted by Crippen LogP contribution is 2.22. The van der Waals surface area contributed by atoms with Gasteiger partial charge in [-0.25, -0.2) is 9.98 Å². The lowest BCUT2D eigenvalue weighted by Crippen LogP contribution is -2.43. The van der Waals surface area contributed by atoms with Crippen molar-refractivity contribution in [2.24, 2.45) is 4.99 Å². The zero-order chi connectivity index (χ0) is 19.9. The number of carbonyl (C=O) groups excluding carboxylic acids is 1. The van der Waals surface area contributed by atoms with E-state index in [4.69, 9.17) is 9.15 Å². The Balaban J connectivity index is 1.94. The summed E-state index contributed by atoms with van der Waals surface area (Å²) < 4.78 is 11.5. The Labute approximate surface area is 161 Å². The molecule has 1 fully saturated rings. The minimum absolute atomic E-state index is 0.0591. The molecule has 0 radical (unpaired) electrons. The SMILES string of the molecule is CN(C)C(=O)CN=C(NCc1ncc(C(C)(C)C)o1)NCC1CCCCO1. The van der Waals surface area contributed by atoms with E-state index in [-0.39, 0.29) is 24.0 Å². The van der Waals surface area contributed by atoms with Gasteiger partial charge in [0.15, 0.2) is 5.96 Å². The Hall–Kier alpha value is -2.09. The van der Waals surface area contributed by atoms with E-state index in [2.05, 4.69) is 41.4 Å². The van der Waals surface area contributed by atoms with Crippen LogP contribution in [-0.4, -0.2) is 61.6 Å². The van der Waals surface area contributed by atoms with Crippen LogP contribution in [0.5, 0.6) is 0 Å². The first-order valence-corrected chi connectivity index (χ1v) is 9.55. The van der Waals surface area contributed by atoms with Gasteiger partial charge in [-0.3, -0.25) is 4.79 Å². The summed E-state index contributed by atoms with van der Waals surface area (Å²) in [5.41, 5.74) is -0.0864. The van der Waals surface area contributed by atoms with Crippen LogP contribution >= 0.6 is 0 Å². The first-order chi connectivity index (χ1) is 12.8. The zero-order valence-corrected chi connectivity index (χ0v) is 17.2. The molecule has 0 aromatic carbocycles. The lowest BCUT2D eigenvalue weighted by molar-refractivity contribution is -0.127. The highest BCUT2D eigenvalue weighted by molar-refractivity contribution is 5.84. The van der Waals surface area contributed by atoms with E-state index in [1.165, 1.54) is 11.3 Å². The fraction of sp³-hybridized carbons (Fsp3) is 0.737.